The van der Waals surface area contributed by atoms with Gasteiger partial charge in [-0.15, -0.1) is 0 Å². The van der Waals surface area contributed by atoms with Crippen molar-refractivity contribution in [3.05, 3.63) is 0 Å². The normalized spacial score (nSPS) is 47.6. The van der Waals surface area contributed by atoms with Gasteiger partial charge in [0, 0.05) is 24.6 Å². The van der Waals surface area contributed by atoms with Crippen LogP contribution in [0, 0.1) is 23.2 Å². The number of hydrogen-bond acceptors (Lipinski definition) is 3. The fourth-order valence-electron chi connectivity index (χ4n) is 5.97. The maximum atomic E-state index is 11.5. The maximum absolute atomic E-state index is 11.5. The molecule has 1 heterocycles. The molecule has 112 valence electrons. The molecule has 0 radical (unpaired) electrons. The predicted molar refractivity (Wildman–Crippen MR) is 80.9 cm³/mol. The number of rotatable bonds is 3. The van der Waals surface area contributed by atoms with Gasteiger partial charge in [-0.1, -0.05) is 0 Å². The van der Waals surface area contributed by atoms with E-state index in [9.17, 15) is 9.90 Å². The van der Waals surface area contributed by atoms with Crippen LogP contribution in [0.2, 0.25) is 0 Å². The second-order valence-electron chi connectivity index (χ2n) is 7.82. The minimum atomic E-state index is -0.609. The molecule has 1 N–H and O–H groups in total. The lowest BCUT2D eigenvalue weighted by Crippen LogP contribution is -2.56. The van der Waals surface area contributed by atoms with E-state index in [1.807, 2.05) is 0 Å². The average Bonchev–Trinajstić information content (AvgIpc) is 2.36. The fraction of sp³-hybridized carbons (Fsp3) is 0.938. The quantitative estimate of drug-likeness (QED) is 0.869. The van der Waals surface area contributed by atoms with E-state index in [1.165, 1.54) is 38.5 Å². The summed E-state index contributed by atoms with van der Waals surface area (Å²) >= 11 is 1.80. The van der Waals surface area contributed by atoms with Gasteiger partial charge >= 0.3 is 5.97 Å². The number of nitrogens with zero attached hydrogens (tertiary/aromatic N) is 1. The van der Waals surface area contributed by atoms with Crippen molar-refractivity contribution in [3.63, 3.8) is 0 Å². The third-order valence-corrected chi connectivity index (χ3v) is 7.25. The molecule has 3 nitrogen and oxygen atoms in total. The SMILES string of the molecule is O=C(O)C1CSCCN1CC12CC3CC(CC(C3)C1)C2. The van der Waals surface area contributed by atoms with Crippen LogP contribution in [0.1, 0.15) is 38.5 Å². The first-order valence-corrected chi connectivity index (χ1v) is 9.34. The molecule has 0 spiro atoms. The van der Waals surface area contributed by atoms with E-state index >= 15 is 0 Å². The molecule has 1 saturated heterocycles. The first-order chi connectivity index (χ1) is 9.63. The summed E-state index contributed by atoms with van der Waals surface area (Å²) in [6.07, 6.45) is 8.56. The van der Waals surface area contributed by atoms with Crippen LogP contribution in [0.15, 0.2) is 0 Å². The van der Waals surface area contributed by atoms with Crippen LogP contribution < -0.4 is 0 Å². The highest BCUT2D eigenvalue weighted by atomic mass is 32.2. The topological polar surface area (TPSA) is 40.5 Å². The van der Waals surface area contributed by atoms with Gasteiger partial charge in [-0.2, -0.15) is 11.8 Å². The Bertz CT molecular complexity index is 376. The second-order valence-corrected chi connectivity index (χ2v) is 8.97. The Labute approximate surface area is 125 Å². The second kappa shape index (κ2) is 4.91. The molecule has 1 atom stereocenters. The van der Waals surface area contributed by atoms with Crippen LogP contribution in [0.3, 0.4) is 0 Å². The molecule has 0 aromatic rings. The van der Waals surface area contributed by atoms with E-state index in [4.69, 9.17) is 0 Å². The van der Waals surface area contributed by atoms with Crippen LogP contribution in [0.5, 0.6) is 0 Å². The molecule has 4 bridgehead atoms. The monoisotopic (exact) mass is 295 g/mol. The third-order valence-electron chi connectivity index (χ3n) is 6.23. The number of carbonyl (C=O) groups is 1. The first kappa shape index (κ1) is 13.4. The average molecular weight is 295 g/mol. The molecule has 0 aromatic heterocycles. The molecule has 5 rings (SSSR count). The Kier molecular flexibility index (Phi) is 3.30. The zero-order valence-electron chi connectivity index (χ0n) is 12.1. The summed E-state index contributed by atoms with van der Waals surface area (Å²) in [6.45, 7) is 2.04. The Morgan fingerprint density at radius 2 is 1.75 bits per heavy atom. The Balaban J connectivity index is 1.51. The standard InChI is InChI=1S/C16H25NO2S/c18-15(19)14-9-20-2-1-17(14)10-16-6-11-3-12(7-16)5-13(4-11)8-16/h11-14H,1-10H2,(H,18,19). The van der Waals surface area contributed by atoms with Crippen LogP contribution in [0.4, 0.5) is 0 Å². The summed E-state index contributed by atoms with van der Waals surface area (Å²) in [5.41, 5.74) is 0.477. The summed E-state index contributed by atoms with van der Waals surface area (Å²) in [6, 6.07) is -0.234. The summed E-state index contributed by atoms with van der Waals surface area (Å²) < 4.78 is 0. The van der Waals surface area contributed by atoms with Gasteiger partial charge in [0.05, 0.1) is 0 Å². The van der Waals surface area contributed by atoms with Crippen molar-refractivity contribution in [3.8, 4) is 0 Å². The molecule has 4 aliphatic carbocycles. The zero-order valence-corrected chi connectivity index (χ0v) is 12.9. The number of aliphatic carboxylic acids is 1. The van der Waals surface area contributed by atoms with Crippen molar-refractivity contribution in [2.45, 2.75) is 44.6 Å². The summed E-state index contributed by atoms with van der Waals surface area (Å²) in [4.78, 5) is 13.8. The number of thioether (sulfide) groups is 1. The lowest BCUT2D eigenvalue weighted by Gasteiger charge is -2.58. The largest absolute Gasteiger partial charge is 0.480 e. The van der Waals surface area contributed by atoms with Crippen molar-refractivity contribution in [1.29, 1.82) is 0 Å². The van der Waals surface area contributed by atoms with Gasteiger partial charge in [-0.05, 0) is 61.7 Å². The molecule has 4 heteroatoms. The Morgan fingerprint density at radius 3 is 2.30 bits per heavy atom. The van der Waals surface area contributed by atoms with Gasteiger partial charge in [0.2, 0.25) is 0 Å². The summed E-state index contributed by atoms with van der Waals surface area (Å²) in [5, 5.41) is 9.47. The maximum Gasteiger partial charge on any atom is 0.321 e. The smallest absolute Gasteiger partial charge is 0.321 e. The van der Waals surface area contributed by atoms with Gasteiger partial charge in [-0.3, -0.25) is 9.69 Å². The van der Waals surface area contributed by atoms with Crippen LogP contribution in [0.25, 0.3) is 0 Å². The van der Waals surface area contributed by atoms with E-state index in [-0.39, 0.29) is 6.04 Å². The molecular weight excluding hydrogens is 270 g/mol. The van der Waals surface area contributed by atoms with Crippen molar-refractivity contribution in [2.24, 2.45) is 23.2 Å². The van der Waals surface area contributed by atoms with Crippen molar-refractivity contribution in [1.82, 2.24) is 4.90 Å². The molecule has 5 fully saturated rings. The molecule has 0 amide bonds. The number of carboxylic acid groups (broad SMARTS) is 1. The molecule has 1 aliphatic heterocycles. The van der Waals surface area contributed by atoms with Gasteiger partial charge in [-0.25, -0.2) is 0 Å². The van der Waals surface area contributed by atoms with Crippen molar-refractivity contribution in [2.75, 3.05) is 24.6 Å². The van der Waals surface area contributed by atoms with Crippen molar-refractivity contribution >= 4 is 17.7 Å². The summed E-state index contributed by atoms with van der Waals surface area (Å²) in [5.74, 6) is 4.16. The van der Waals surface area contributed by atoms with E-state index in [1.54, 1.807) is 11.8 Å². The first-order valence-electron chi connectivity index (χ1n) is 8.18. The van der Waals surface area contributed by atoms with Crippen molar-refractivity contribution < 1.29 is 9.90 Å². The lowest BCUT2D eigenvalue weighted by molar-refractivity contribution is -0.144. The molecule has 0 aromatic carbocycles. The Morgan fingerprint density at radius 1 is 1.15 bits per heavy atom. The summed E-state index contributed by atoms with van der Waals surface area (Å²) in [7, 11) is 0. The van der Waals surface area contributed by atoms with Gasteiger partial charge < -0.3 is 5.11 Å². The van der Waals surface area contributed by atoms with E-state index in [0.29, 0.717) is 5.41 Å². The van der Waals surface area contributed by atoms with Crippen LogP contribution in [-0.4, -0.2) is 46.6 Å². The predicted octanol–water partition coefficient (Wildman–Crippen LogP) is 2.70. The van der Waals surface area contributed by atoms with E-state index < -0.39 is 5.97 Å². The van der Waals surface area contributed by atoms with E-state index in [0.717, 1.165) is 42.3 Å². The fourth-order valence-corrected chi connectivity index (χ4v) is 7.08. The molecule has 1 unspecified atom stereocenters. The molecule has 5 aliphatic rings. The van der Waals surface area contributed by atoms with E-state index in [2.05, 4.69) is 4.90 Å². The zero-order chi connectivity index (χ0) is 13.7. The number of hydrogen-bond donors (Lipinski definition) is 1. The molecule has 4 saturated carbocycles. The Hall–Kier alpha value is -0.220. The lowest BCUT2D eigenvalue weighted by atomic mass is 9.49. The highest BCUT2D eigenvalue weighted by Gasteiger charge is 2.52. The highest BCUT2D eigenvalue weighted by molar-refractivity contribution is 7.99. The highest BCUT2D eigenvalue weighted by Crippen LogP contribution is 2.60. The van der Waals surface area contributed by atoms with Crippen LogP contribution in [-0.2, 0) is 4.79 Å². The number of carboxylic acids is 1. The van der Waals surface area contributed by atoms with Gasteiger partial charge in [0.15, 0.2) is 0 Å². The van der Waals surface area contributed by atoms with Gasteiger partial charge in [0.25, 0.3) is 0 Å². The molecule has 20 heavy (non-hydrogen) atoms. The molecular formula is C16H25NO2S. The minimum absolute atomic E-state index is 0.234. The van der Waals surface area contributed by atoms with Crippen LogP contribution >= 0.6 is 11.8 Å². The minimum Gasteiger partial charge on any atom is -0.480 e. The van der Waals surface area contributed by atoms with Gasteiger partial charge in [0.1, 0.15) is 6.04 Å². The third kappa shape index (κ3) is 2.29.